The van der Waals surface area contributed by atoms with Crippen LogP contribution in [-0.4, -0.2) is 57.9 Å². The quantitative estimate of drug-likeness (QED) is 0.804. The number of rotatable bonds is 5. The standard InChI is InChI=1S/C21H32N4O2/c1-5-19-22-15(4)18(21(27)23-19)10-20(26)25-12-16-6-7-17(13-25)24(11-16)9-8-14(2)3/h8,16-17H,5-7,9-13H2,1-4H3,(H,22,23,27)/t16-,17-/m0/s1. The van der Waals surface area contributed by atoms with Crippen molar-refractivity contribution in [1.29, 1.82) is 0 Å². The van der Waals surface area contributed by atoms with Gasteiger partial charge in [0.25, 0.3) is 5.56 Å². The molecule has 0 unspecified atom stereocenters. The molecule has 0 radical (unpaired) electrons. The third-order valence-corrected chi connectivity index (χ3v) is 5.85. The van der Waals surface area contributed by atoms with Crippen LogP contribution in [0.2, 0.25) is 0 Å². The number of allylic oxidation sites excluding steroid dienone is 1. The number of carbonyl (C=O) groups is 1. The van der Waals surface area contributed by atoms with Gasteiger partial charge in [-0.2, -0.15) is 0 Å². The maximum absolute atomic E-state index is 13.0. The van der Waals surface area contributed by atoms with Gasteiger partial charge in [-0.3, -0.25) is 14.5 Å². The molecule has 0 saturated carbocycles. The summed E-state index contributed by atoms with van der Waals surface area (Å²) in [6.45, 7) is 11.6. The highest BCUT2D eigenvalue weighted by Gasteiger charge is 2.36. The van der Waals surface area contributed by atoms with Crippen molar-refractivity contribution in [3.63, 3.8) is 0 Å². The molecule has 4 heterocycles. The van der Waals surface area contributed by atoms with Crippen molar-refractivity contribution in [2.24, 2.45) is 5.92 Å². The second-order valence-corrected chi connectivity index (χ2v) is 8.24. The van der Waals surface area contributed by atoms with Gasteiger partial charge in [0.1, 0.15) is 5.82 Å². The van der Waals surface area contributed by atoms with Crippen LogP contribution in [0.25, 0.3) is 0 Å². The summed E-state index contributed by atoms with van der Waals surface area (Å²) in [5, 5.41) is 0. The SMILES string of the molecule is CCc1nc(C)c(CC(=O)N2C[C@H]3CC[C@@H](C2)N(CC=C(C)C)C3)c(=O)[nH]1. The number of aromatic amines is 1. The molecule has 6 nitrogen and oxygen atoms in total. The van der Waals surface area contributed by atoms with Gasteiger partial charge in [-0.05, 0) is 39.5 Å². The molecule has 0 spiro atoms. The minimum absolute atomic E-state index is 0.0515. The minimum atomic E-state index is -0.171. The number of amides is 1. The van der Waals surface area contributed by atoms with Crippen LogP contribution in [0.4, 0.5) is 0 Å². The summed E-state index contributed by atoms with van der Waals surface area (Å²) in [5.41, 5.74) is 2.35. The molecule has 3 fully saturated rings. The first-order chi connectivity index (χ1) is 12.9. The van der Waals surface area contributed by atoms with Crippen LogP contribution in [0.15, 0.2) is 16.4 Å². The Kier molecular flexibility index (Phi) is 6.15. The fourth-order valence-corrected chi connectivity index (χ4v) is 4.21. The highest BCUT2D eigenvalue weighted by atomic mass is 16.2. The first-order valence-electron chi connectivity index (χ1n) is 10.1. The number of fused-ring (bicyclic) bond motifs is 4. The lowest BCUT2D eigenvalue weighted by molar-refractivity contribution is -0.130. The van der Waals surface area contributed by atoms with Crippen LogP contribution in [-0.2, 0) is 17.6 Å². The molecule has 1 aromatic rings. The Morgan fingerprint density at radius 2 is 2.04 bits per heavy atom. The number of aromatic nitrogens is 2. The van der Waals surface area contributed by atoms with E-state index in [1.807, 2.05) is 18.7 Å². The molecule has 2 bridgehead atoms. The molecule has 0 aromatic carbocycles. The number of nitrogens with one attached hydrogen (secondary N) is 1. The average Bonchev–Trinajstić information content (AvgIpc) is 2.94. The number of H-pyrrole nitrogens is 1. The van der Waals surface area contributed by atoms with Gasteiger partial charge in [0, 0.05) is 49.9 Å². The smallest absolute Gasteiger partial charge is 0.254 e. The largest absolute Gasteiger partial charge is 0.341 e. The molecule has 6 heteroatoms. The lowest BCUT2D eigenvalue weighted by atomic mass is 9.95. The predicted octanol–water partition coefficient (Wildman–Crippen LogP) is 2.07. The molecule has 27 heavy (non-hydrogen) atoms. The second-order valence-electron chi connectivity index (χ2n) is 8.24. The maximum atomic E-state index is 13.0. The third kappa shape index (κ3) is 4.67. The molecule has 1 N–H and O–H groups in total. The van der Waals surface area contributed by atoms with Crippen LogP contribution >= 0.6 is 0 Å². The monoisotopic (exact) mass is 372 g/mol. The molecule has 148 valence electrons. The van der Waals surface area contributed by atoms with Crippen LogP contribution in [0.5, 0.6) is 0 Å². The second kappa shape index (κ2) is 8.38. The summed E-state index contributed by atoms with van der Waals surface area (Å²) in [4.78, 5) is 37.1. The van der Waals surface area contributed by atoms with E-state index in [0.717, 1.165) is 32.6 Å². The van der Waals surface area contributed by atoms with Crippen molar-refractivity contribution in [2.45, 2.75) is 59.4 Å². The van der Waals surface area contributed by atoms with Gasteiger partial charge < -0.3 is 9.88 Å². The van der Waals surface area contributed by atoms with Gasteiger partial charge in [0.05, 0.1) is 6.42 Å². The topological polar surface area (TPSA) is 69.3 Å². The van der Waals surface area contributed by atoms with Crippen LogP contribution < -0.4 is 5.56 Å². The Bertz CT molecular complexity index is 779. The zero-order valence-corrected chi connectivity index (χ0v) is 17.0. The summed E-state index contributed by atoms with van der Waals surface area (Å²) in [6, 6.07) is 0.420. The van der Waals surface area contributed by atoms with Crippen molar-refractivity contribution in [1.82, 2.24) is 19.8 Å². The van der Waals surface area contributed by atoms with Gasteiger partial charge in [0.15, 0.2) is 0 Å². The highest BCUT2D eigenvalue weighted by molar-refractivity contribution is 5.79. The molecule has 3 saturated heterocycles. The van der Waals surface area contributed by atoms with E-state index in [0.29, 0.717) is 35.5 Å². The van der Waals surface area contributed by atoms with Crippen LogP contribution in [0.1, 0.15) is 50.7 Å². The number of nitrogens with zero attached hydrogens (tertiary/aromatic N) is 3. The lowest BCUT2D eigenvalue weighted by Crippen LogP contribution is -2.44. The average molecular weight is 373 g/mol. The Balaban J connectivity index is 1.71. The van der Waals surface area contributed by atoms with Crippen molar-refractivity contribution in [3.05, 3.63) is 39.1 Å². The van der Waals surface area contributed by atoms with E-state index in [1.54, 1.807) is 0 Å². The Morgan fingerprint density at radius 3 is 2.70 bits per heavy atom. The molecular formula is C21H32N4O2. The molecule has 3 aliphatic rings. The van der Waals surface area contributed by atoms with Crippen molar-refractivity contribution < 1.29 is 4.79 Å². The number of aryl methyl sites for hydroxylation is 2. The van der Waals surface area contributed by atoms with E-state index in [2.05, 4.69) is 34.8 Å². The maximum Gasteiger partial charge on any atom is 0.254 e. The van der Waals surface area contributed by atoms with E-state index in [4.69, 9.17) is 0 Å². The van der Waals surface area contributed by atoms with Crippen molar-refractivity contribution >= 4 is 5.91 Å². The normalized spacial score (nSPS) is 22.6. The first kappa shape index (κ1) is 19.8. The van der Waals surface area contributed by atoms with Crippen molar-refractivity contribution in [2.75, 3.05) is 26.2 Å². The third-order valence-electron chi connectivity index (χ3n) is 5.85. The van der Waals surface area contributed by atoms with E-state index < -0.39 is 0 Å². The molecule has 2 atom stereocenters. The number of hydrogen-bond acceptors (Lipinski definition) is 4. The number of piperidine rings is 1. The van der Waals surface area contributed by atoms with Gasteiger partial charge in [-0.1, -0.05) is 18.6 Å². The molecule has 0 aliphatic carbocycles. The minimum Gasteiger partial charge on any atom is -0.341 e. The predicted molar refractivity (Wildman–Crippen MR) is 107 cm³/mol. The molecule has 1 amide bonds. The van der Waals surface area contributed by atoms with Crippen LogP contribution in [0, 0.1) is 12.8 Å². The molecular weight excluding hydrogens is 340 g/mol. The number of carbonyl (C=O) groups excluding carboxylic acids is 1. The fourth-order valence-electron chi connectivity index (χ4n) is 4.21. The van der Waals surface area contributed by atoms with E-state index in [-0.39, 0.29) is 17.9 Å². The zero-order valence-electron chi connectivity index (χ0n) is 17.0. The summed E-state index contributed by atoms with van der Waals surface area (Å²) in [6.07, 6.45) is 5.44. The summed E-state index contributed by atoms with van der Waals surface area (Å²) in [7, 11) is 0. The molecule has 3 aliphatic heterocycles. The van der Waals surface area contributed by atoms with Gasteiger partial charge in [0.2, 0.25) is 5.91 Å². The summed E-state index contributed by atoms with van der Waals surface area (Å²) >= 11 is 0. The highest BCUT2D eigenvalue weighted by Crippen LogP contribution is 2.28. The first-order valence-corrected chi connectivity index (χ1v) is 10.1. The summed E-state index contributed by atoms with van der Waals surface area (Å²) in [5.74, 6) is 1.25. The molecule has 1 aromatic heterocycles. The van der Waals surface area contributed by atoms with E-state index in [1.165, 1.54) is 12.0 Å². The van der Waals surface area contributed by atoms with Gasteiger partial charge in [-0.15, -0.1) is 0 Å². The van der Waals surface area contributed by atoms with Crippen LogP contribution in [0.3, 0.4) is 0 Å². The van der Waals surface area contributed by atoms with E-state index in [9.17, 15) is 9.59 Å². The number of hydrogen-bond donors (Lipinski definition) is 1. The zero-order chi connectivity index (χ0) is 19.6. The van der Waals surface area contributed by atoms with Gasteiger partial charge >= 0.3 is 0 Å². The lowest BCUT2D eigenvalue weighted by Gasteiger charge is -2.35. The Morgan fingerprint density at radius 1 is 1.26 bits per heavy atom. The summed E-state index contributed by atoms with van der Waals surface area (Å²) < 4.78 is 0. The fraction of sp³-hybridized carbons (Fsp3) is 0.667. The van der Waals surface area contributed by atoms with Crippen molar-refractivity contribution in [3.8, 4) is 0 Å². The van der Waals surface area contributed by atoms with E-state index >= 15 is 0 Å². The van der Waals surface area contributed by atoms with Gasteiger partial charge in [-0.25, -0.2) is 4.98 Å². The molecule has 4 rings (SSSR count). The Labute approximate surface area is 161 Å². The Hall–Kier alpha value is -1.95.